The number of aryl methyl sites for hydroxylation is 1. The zero-order valence-corrected chi connectivity index (χ0v) is 15.3. The Bertz CT molecular complexity index is 985. The molecule has 0 bridgehead atoms. The first kappa shape index (κ1) is 18.1. The number of hydrogen-bond acceptors (Lipinski definition) is 6. The minimum atomic E-state index is -1.12. The van der Waals surface area contributed by atoms with E-state index in [1.54, 1.807) is 0 Å². The SMILES string of the molecule is CC(=O)OC(Cl)C(Cc1nc2ccccc2c2nc(C)[nH]c12)OC(C)=O. The predicted molar refractivity (Wildman–Crippen MR) is 96.8 cm³/mol. The molecule has 0 saturated heterocycles. The Balaban J connectivity index is 2.06. The van der Waals surface area contributed by atoms with E-state index in [1.165, 1.54) is 13.8 Å². The largest absolute Gasteiger partial charge is 0.457 e. The Labute approximate surface area is 154 Å². The smallest absolute Gasteiger partial charge is 0.304 e. The molecule has 2 unspecified atom stereocenters. The van der Waals surface area contributed by atoms with Crippen molar-refractivity contribution in [3.8, 4) is 0 Å². The lowest BCUT2D eigenvalue weighted by Crippen LogP contribution is -2.32. The number of hydrogen-bond donors (Lipinski definition) is 1. The van der Waals surface area contributed by atoms with Crippen LogP contribution in [0, 0.1) is 6.92 Å². The number of pyridine rings is 1. The van der Waals surface area contributed by atoms with Crippen LogP contribution in [0.2, 0.25) is 0 Å². The molecule has 0 aliphatic heterocycles. The molecule has 0 amide bonds. The van der Waals surface area contributed by atoms with Crippen LogP contribution in [0.15, 0.2) is 24.3 Å². The van der Waals surface area contributed by atoms with Gasteiger partial charge in [-0.25, -0.2) is 4.98 Å². The van der Waals surface area contributed by atoms with Crippen LogP contribution >= 0.6 is 11.6 Å². The summed E-state index contributed by atoms with van der Waals surface area (Å²) in [6, 6.07) is 7.64. The van der Waals surface area contributed by atoms with Gasteiger partial charge in [0.25, 0.3) is 0 Å². The van der Waals surface area contributed by atoms with Gasteiger partial charge in [-0.2, -0.15) is 0 Å². The maximum Gasteiger partial charge on any atom is 0.304 e. The van der Waals surface area contributed by atoms with E-state index in [0.717, 1.165) is 27.8 Å². The number of aromatic nitrogens is 3. The molecule has 0 saturated carbocycles. The molecule has 0 aliphatic carbocycles. The van der Waals surface area contributed by atoms with Gasteiger partial charge in [0.1, 0.15) is 5.82 Å². The highest BCUT2D eigenvalue weighted by atomic mass is 35.5. The normalized spacial score (nSPS) is 13.5. The standard InChI is InChI=1S/C18H18ClN3O4/c1-9-20-16-12-6-4-5-7-13(12)22-14(17(16)21-9)8-15(25-10(2)23)18(19)26-11(3)24/h4-7,15,18H,8H2,1-3H3,(H,20,21). The number of carbonyl (C=O) groups excluding carboxylic acids is 2. The molecule has 3 rings (SSSR count). The Morgan fingerprint density at radius 3 is 2.54 bits per heavy atom. The number of esters is 2. The molecule has 2 atom stereocenters. The molecular formula is C18H18ClN3O4. The Morgan fingerprint density at radius 1 is 1.15 bits per heavy atom. The van der Waals surface area contributed by atoms with Crippen LogP contribution in [0.25, 0.3) is 21.9 Å². The summed E-state index contributed by atoms with van der Waals surface area (Å²) in [6.45, 7) is 4.37. The Hall–Kier alpha value is -2.67. The molecule has 1 N–H and O–H groups in total. The van der Waals surface area contributed by atoms with Crippen molar-refractivity contribution >= 4 is 45.5 Å². The average Bonchev–Trinajstić information content (AvgIpc) is 2.95. The molecule has 0 aliphatic rings. The maximum atomic E-state index is 11.5. The fraction of sp³-hybridized carbons (Fsp3) is 0.333. The number of para-hydroxylation sites is 1. The number of carbonyl (C=O) groups is 2. The number of alkyl halides is 1. The Morgan fingerprint density at radius 2 is 1.85 bits per heavy atom. The van der Waals surface area contributed by atoms with E-state index in [-0.39, 0.29) is 6.42 Å². The lowest BCUT2D eigenvalue weighted by Gasteiger charge is -2.21. The summed E-state index contributed by atoms with van der Waals surface area (Å²) in [5.74, 6) is -0.340. The van der Waals surface area contributed by atoms with Crippen LogP contribution < -0.4 is 0 Å². The lowest BCUT2D eigenvalue weighted by molar-refractivity contribution is -0.159. The van der Waals surface area contributed by atoms with Crippen molar-refractivity contribution < 1.29 is 19.1 Å². The van der Waals surface area contributed by atoms with Crippen molar-refractivity contribution in [2.24, 2.45) is 0 Å². The summed E-state index contributed by atoms with van der Waals surface area (Å²) in [4.78, 5) is 35.1. The second kappa shape index (κ2) is 7.29. The Kier molecular flexibility index (Phi) is 5.08. The summed E-state index contributed by atoms with van der Waals surface area (Å²) in [5, 5.41) is 0.919. The van der Waals surface area contributed by atoms with Gasteiger partial charge in [0.2, 0.25) is 5.56 Å². The van der Waals surface area contributed by atoms with Crippen LogP contribution in [0.1, 0.15) is 25.4 Å². The van der Waals surface area contributed by atoms with Gasteiger partial charge in [-0.15, -0.1) is 0 Å². The van der Waals surface area contributed by atoms with Crippen LogP contribution in [-0.4, -0.2) is 38.6 Å². The quantitative estimate of drug-likeness (QED) is 0.544. The van der Waals surface area contributed by atoms with Gasteiger partial charge in [0.05, 0.1) is 22.2 Å². The number of imidazole rings is 1. The monoisotopic (exact) mass is 375 g/mol. The van der Waals surface area contributed by atoms with Crippen molar-refractivity contribution in [2.75, 3.05) is 0 Å². The molecule has 2 aromatic heterocycles. The predicted octanol–water partition coefficient (Wildman–Crippen LogP) is 3.02. The van der Waals surface area contributed by atoms with Crippen LogP contribution in [-0.2, 0) is 25.5 Å². The molecule has 1 aromatic carbocycles. The van der Waals surface area contributed by atoms with Gasteiger partial charge in [-0.1, -0.05) is 29.8 Å². The third kappa shape index (κ3) is 3.77. The van der Waals surface area contributed by atoms with E-state index < -0.39 is 23.6 Å². The van der Waals surface area contributed by atoms with E-state index in [1.807, 2.05) is 31.2 Å². The number of nitrogens with one attached hydrogen (secondary N) is 1. The van der Waals surface area contributed by atoms with E-state index in [4.69, 9.17) is 21.1 Å². The molecule has 7 nitrogen and oxygen atoms in total. The van der Waals surface area contributed by atoms with Gasteiger partial charge < -0.3 is 14.5 Å². The van der Waals surface area contributed by atoms with Crippen molar-refractivity contribution in [1.29, 1.82) is 0 Å². The highest BCUT2D eigenvalue weighted by Gasteiger charge is 2.27. The van der Waals surface area contributed by atoms with Gasteiger partial charge >= 0.3 is 11.9 Å². The third-order valence-electron chi connectivity index (χ3n) is 3.81. The summed E-state index contributed by atoms with van der Waals surface area (Å²) in [7, 11) is 0. The van der Waals surface area contributed by atoms with Crippen molar-refractivity contribution in [3.05, 3.63) is 35.8 Å². The fourth-order valence-electron chi connectivity index (χ4n) is 2.84. The van der Waals surface area contributed by atoms with Gasteiger partial charge in [-0.05, 0) is 13.0 Å². The number of aromatic amines is 1. The number of rotatable bonds is 5. The average molecular weight is 376 g/mol. The van der Waals surface area contributed by atoms with E-state index >= 15 is 0 Å². The first-order valence-corrected chi connectivity index (χ1v) is 8.51. The number of fused-ring (bicyclic) bond motifs is 3. The van der Waals surface area contributed by atoms with E-state index in [2.05, 4.69) is 15.0 Å². The lowest BCUT2D eigenvalue weighted by atomic mass is 10.1. The highest BCUT2D eigenvalue weighted by molar-refractivity contribution is 6.20. The second-order valence-electron chi connectivity index (χ2n) is 5.93. The summed E-state index contributed by atoms with van der Waals surface area (Å²) < 4.78 is 10.2. The van der Waals surface area contributed by atoms with Gasteiger partial charge in [0.15, 0.2) is 6.10 Å². The second-order valence-corrected chi connectivity index (χ2v) is 6.36. The third-order valence-corrected chi connectivity index (χ3v) is 4.18. The molecule has 2 heterocycles. The molecule has 8 heteroatoms. The molecule has 0 fully saturated rings. The van der Waals surface area contributed by atoms with Crippen LogP contribution in [0.3, 0.4) is 0 Å². The maximum absolute atomic E-state index is 11.5. The fourth-order valence-corrected chi connectivity index (χ4v) is 3.11. The first-order valence-electron chi connectivity index (χ1n) is 8.07. The summed E-state index contributed by atoms with van der Waals surface area (Å²) in [5.41, 5.74) is 1.79. The van der Waals surface area contributed by atoms with Crippen molar-refractivity contribution in [3.63, 3.8) is 0 Å². The number of benzene rings is 1. The topological polar surface area (TPSA) is 94.2 Å². The van der Waals surface area contributed by atoms with E-state index in [9.17, 15) is 9.59 Å². The van der Waals surface area contributed by atoms with Crippen molar-refractivity contribution in [1.82, 2.24) is 15.0 Å². The minimum Gasteiger partial charge on any atom is -0.457 e. The van der Waals surface area contributed by atoms with Crippen molar-refractivity contribution in [2.45, 2.75) is 38.9 Å². The van der Waals surface area contributed by atoms with Gasteiger partial charge in [-0.3, -0.25) is 14.6 Å². The first-order chi connectivity index (χ1) is 12.3. The zero-order valence-electron chi connectivity index (χ0n) is 14.6. The molecule has 0 spiro atoms. The number of halogens is 1. The van der Waals surface area contributed by atoms with Crippen LogP contribution in [0.4, 0.5) is 0 Å². The summed E-state index contributed by atoms with van der Waals surface area (Å²) >= 11 is 6.14. The number of ether oxygens (including phenoxy) is 2. The number of nitrogens with zero attached hydrogens (tertiary/aromatic N) is 2. The molecule has 136 valence electrons. The van der Waals surface area contributed by atoms with Crippen LogP contribution in [0.5, 0.6) is 0 Å². The zero-order chi connectivity index (χ0) is 18.8. The molecule has 26 heavy (non-hydrogen) atoms. The summed E-state index contributed by atoms with van der Waals surface area (Å²) in [6.07, 6.45) is -0.706. The molecule has 0 radical (unpaired) electrons. The highest BCUT2D eigenvalue weighted by Crippen LogP contribution is 2.27. The van der Waals surface area contributed by atoms with E-state index in [0.29, 0.717) is 5.69 Å². The van der Waals surface area contributed by atoms with Gasteiger partial charge in [0, 0.05) is 25.7 Å². The minimum absolute atomic E-state index is 0.171. The molecule has 3 aromatic rings. The number of H-pyrrole nitrogens is 1. The molecular weight excluding hydrogens is 358 g/mol.